The van der Waals surface area contributed by atoms with Crippen molar-refractivity contribution in [2.45, 2.75) is 0 Å². The van der Waals surface area contributed by atoms with Crippen molar-refractivity contribution in [1.29, 1.82) is 0 Å². The molecule has 248 valence electrons. The van der Waals surface area contributed by atoms with Crippen molar-refractivity contribution in [3.8, 4) is 0 Å². The number of anilines is 6. The van der Waals surface area contributed by atoms with Crippen molar-refractivity contribution in [2.24, 2.45) is 0 Å². The van der Waals surface area contributed by atoms with Crippen molar-refractivity contribution in [3.05, 3.63) is 120 Å². The summed E-state index contributed by atoms with van der Waals surface area (Å²) < 4.78 is 0. The summed E-state index contributed by atoms with van der Waals surface area (Å²) in [5, 5.41) is 4.94. The van der Waals surface area contributed by atoms with Gasteiger partial charge in [0.15, 0.2) is 0 Å². The minimum absolute atomic E-state index is 0.0946. The molecule has 6 heterocycles. The molecule has 0 unspecified atom stereocenters. The van der Waals surface area contributed by atoms with Gasteiger partial charge in [0.2, 0.25) is 35.7 Å². The van der Waals surface area contributed by atoms with Gasteiger partial charge in [-0.05, 0) is 48.5 Å². The van der Waals surface area contributed by atoms with E-state index in [0.29, 0.717) is 11.1 Å². The lowest BCUT2D eigenvalue weighted by atomic mass is 10.2. The number of carbonyl (C=O) groups excluding carboxylic acids is 4. The van der Waals surface area contributed by atoms with Crippen LogP contribution in [-0.2, 0) is 0 Å². The molecule has 6 aromatic rings. The standard InChI is InChI=1S/2C15H12N8O2/c16-13-20-14(17)22-15(21-13)23(11(24)9-3-1-5-18-7-9)12(25)10-4-2-6-19-8-10;16-13-21-14(19-11(24)9-3-1-5-17-7-9)23-15(22-13)20-12(25)10-4-2-6-18-8-10/h1-8H,(H4,16,17,20,21,22);1-8H,(H4,16,19,20,21,22,23,24,25). The van der Waals surface area contributed by atoms with Crippen LogP contribution in [0.4, 0.5) is 35.7 Å². The fourth-order valence-electron chi connectivity index (χ4n) is 3.85. The molecule has 50 heavy (non-hydrogen) atoms. The van der Waals surface area contributed by atoms with Gasteiger partial charge in [-0.1, -0.05) is 0 Å². The van der Waals surface area contributed by atoms with E-state index in [9.17, 15) is 19.2 Å². The first-order chi connectivity index (χ1) is 24.2. The van der Waals surface area contributed by atoms with Gasteiger partial charge in [-0.2, -0.15) is 29.9 Å². The zero-order valence-corrected chi connectivity index (χ0v) is 25.5. The van der Waals surface area contributed by atoms with Gasteiger partial charge in [0.25, 0.3) is 23.6 Å². The number of carbonyl (C=O) groups is 4. The summed E-state index contributed by atoms with van der Waals surface area (Å²) in [5.74, 6) is -3.38. The molecule has 0 aliphatic rings. The lowest BCUT2D eigenvalue weighted by molar-refractivity contribution is 0.0893. The highest BCUT2D eigenvalue weighted by Crippen LogP contribution is 2.18. The van der Waals surface area contributed by atoms with Gasteiger partial charge in [0.1, 0.15) is 0 Å². The van der Waals surface area contributed by atoms with Crippen LogP contribution in [0.1, 0.15) is 41.4 Å². The van der Waals surface area contributed by atoms with Crippen molar-refractivity contribution >= 4 is 59.3 Å². The predicted octanol–water partition coefficient (Wildman–Crippen LogP) is 1.06. The maximum absolute atomic E-state index is 12.8. The summed E-state index contributed by atoms with van der Waals surface area (Å²) in [5.41, 5.74) is 17.7. The van der Waals surface area contributed by atoms with Crippen LogP contribution in [-0.4, -0.2) is 73.5 Å². The molecule has 8 N–H and O–H groups in total. The van der Waals surface area contributed by atoms with E-state index in [-0.39, 0.29) is 46.8 Å². The largest absolute Gasteiger partial charge is 0.368 e. The summed E-state index contributed by atoms with van der Waals surface area (Å²) in [6.45, 7) is 0. The molecular weight excluding hydrogens is 648 g/mol. The van der Waals surface area contributed by atoms with Crippen LogP contribution in [0.25, 0.3) is 0 Å². The lowest BCUT2D eigenvalue weighted by Crippen LogP contribution is -2.39. The molecule has 0 saturated heterocycles. The number of nitrogens with zero attached hydrogens (tertiary/aromatic N) is 11. The number of nitrogen functional groups attached to an aromatic ring is 3. The van der Waals surface area contributed by atoms with Crippen LogP contribution in [0, 0.1) is 0 Å². The normalized spacial score (nSPS) is 10.2. The van der Waals surface area contributed by atoms with Crippen LogP contribution in [0.2, 0.25) is 0 Å². The maximum atomic E-state index is 12.8. The molecule has 20 nitrogen and oxygen atoms in total. The highest BCUT2D eigenvalue weighted by atomic mass is 16.2. The Hall–Kier alpha value is -7.90. The average molecular weight is 673 g/mol. The molecule has 0 fully saturated rings. The summed E-state index contributed by atoms with van der Waals surface area (Å²) in [4.78, 5) is 89.0. The molecule has 0 radical (unpaired) electrons. The molecule has 0 atom stereocenters. The van der Waals surface area contributed by atoms with E-state index in [1.807, 2.05) is 0 Å². The van der Waals surface area contributed by atoms with Crippen molar-refractivity contribution in [3.63, 3.8) is 0 Å². The lowest BCUT2D eigenvalue weighted by Gasteiger charge is -2.19. The number of amides is 4. The molecule has 0 saturated carbocycles. The summed E-state index contributed by atoms with van der Waals surface area (Å²) in [6, 6.07) is 12.5. The van der Waals surface area contributed by atoms with Gasteiger partial charge in [0, 0.05) is 49.6 Å². The smallest absolute Gasteiger partial charge is 0.269 e. The zero-order valence-electron chi connectivity index (χ0n) is 25.5. The Balaban J connectivity index is 0.000000194. The third kappa shape index (κ3) is 8.67. The predicted molar refractivity (Wildman–Crippen MR) is 177 cm³/mol. The second kappa shape index (κ2) is 15.6. The SMILES string of the molecule is Nc1nc(N)nc(N(C(=O)c2cccnc2)C(=O)c2cccnc2)n1.Nc1nc(NC(=O)c2cccnc2)nc(NC(=O)c2cccnc2)n1. The number of hydrogen-bond donors (Lipinski definition) is 5. The van der Waals surface area contributed by atoms with Crippen LogP contribution in [0.5, 0.6) is 0 Å². The molecule has 0 bridgehead atoms. The number of pyridine rings is 4. The zero-order chi connectivity index (χ0) is 35.5. The van der Waals surface area contributed by atoms with E-state index in [1.54, 1.807) is 48.8 Å². The average Bonchev–Trinajstić information content (AvgIpc) is 3.13. The highest BCUT2D eigenvalue weighted by Gasteiger charge is 2.29. The molecule has 0 aliphatic carbocycles. The summed E-state index contributed by atoms with van der Waals surface area (Å²) in [6.07, 6.45) is 11.5. The Morgan fingerprint density at radius 3 is 1.20 bits per heavy atom. The number of aromatic nitrogens is 10. The second-order valence-corrected chi connectivity index (χ2v) is 9.51. The van der Waals surface area contributed by atoms with E-state index in [4.69, 9.17) is 17.2 Å². The van der Waals surface area contributed by atoms with Crippen molar-refractivity contribution in [2.75, 3.05) is 32.7 Å². The van der Waals surface area contributed by atoms with Crippen LogP contribution in [0.3, 0.4) is 0 Å². The maximum Gasteiger partial charge on any atom is 0.269 e. The fourth-order valence-corrected chi connectivity index (χ4v) is 3.85. The molecule has 4 amide bonds. The van der Waals surface area contributed by atoms with Crippen LogP contribution in [0.15, 0.2) is 98.1 Å². The first-order valence-electron chi connectivity index (χ1n) is 14.1. The first kappa shape index (κ1) is 33.5. The van der Waals surface area contributed by atoms with Gasteiger partial charge in [0.05, 0.1) is 22.3 Å². The minimum atomic E-state index is -0.688. The number of nitrogens with one attached hydrogen (secondary N) is 2. The number of rotatable bonds is 7. The first-order valence-corrected chi connectivity index (χ1v) is 14.1. The molecule has 0 spiro atoms. The monoisotopic (exact) mass is 672 g/mol. The quantitative estimate of drug-likeness (QED) is 0.148. The minimum Gasteiger partial charge on any atom is -0.368 e. The van der Waals surface area contributed by atoms with Gasteiger partial charge in [-0.15, -0.1) is 0 Å². The van der Waals surface area contributed by atoms with Gasteiger partial charge in [-0.25, -0.2) is 4.90 Å². The van der Waals surface area contributed by atoms with Gasteiger partial charge in [-0.3, -0.25) is 49.7 Å². The van der Waals surface area contributed by atoms with Gasteiger partial charge < -0.3 is 17.2 Å². The molecule has 20 heteroatoms. The molecule has 0 aromatic carbocycles. The van der Waals surface area contributed by atoms with Crippen LogP contribution >= 0.6 is 0 Å². The van der Waals surface area contributed by atoms with E-state index in [2.05, 4.69) is 60.5 Å². The summed E-state index contributed by atoms with van der Waals surface area (Å²) >= 11 is 0. The molecule has 0 aliphatic heterocycles. The third-order valence-electron chi connectivity index (χ3n) is 6.03. The van der Waals surface area contributed by atoms with Crippen molar-refractivity contribution < 1.29 is 19.2 Å². The van der Waals surface area contributed by atoms with Gasteiger partial charge >= 0.3 is 0 Å². The Labute approximate surface area is 281 Å². The Bertz CT molecular complexity index is 1980. The Morgan fingerprint density at radius 2 is 0.840 bits per heavy atom. The molecule has 6 rings (SSSR count). The van der Waals surface area contributed by atoms with E-state index in [0.717, 1.165) is 4.90 Å². The van der Waals surface area contributed by atoms with E-state index < -0.39 is 23.6 Å². The van der Waals surface area contributed by atoms with Crippen molar-refractivity contribution in [1.82, 2.24) is 49.8 Å². The summed E-state index contributed by atoms with van der Waals surface area (Å²) in [7, 11) is 0. The highest BCUT2D eigenvalue weighted by molar-refractivity contribution is 6.24. The van der Waals surface area contributed by atoms with E-state index >= 15 is 0 Å². The topological polar surface area (TPSA) is 303 Å². The third-order valence-corrected chi connectivity index (χ3v) is 6.03. The van der Waals surface area contributed by atoms with Crippen LogP contribution < -0.4 is 32.7 Å². The molecule has 6 aromatic heterocycles. The number of hydrogen-bond acceptors (Lipinski definition) is 17. The Kier molecular flexibility index (Phi) is 10.4. The van der Waals surface area contributed by atoms with E-state index in [1.165, 1.54) is 49.3 Å². The Morgan fingerprint density at radius 1 is 0.480 bits per heavy atom. The second-order valence-electron chi connectivity index (χ2n) is 9.51. The number of imide groups is 1. The molecular formula is C30H24N16O4. The fraction of sp³-hybridized carbons (Fsp3) is 0. The number of nitrogens with two attached hydrogens (primary N) is 3.